The number of nitrogens with zero attached hydrogens (tertiary/aromatic N) is 7. The van der Waals surface area contributed by atoms with Crippen molar-refractivity contribution in [3.8, 4) is 0 Å². The van der Waals surface area contributed by atoms with Gasteiger partial charge in [0, 0.05) is 49.0 Å². The molecule has 0 spiro atoms. The third kappa shape index (κ3) is 6.84. The molecule has 5 heterocycles. The summed E-state index contributed by atoms with van der Waals surface area (Å²) in [6.45, 7) is 6.45. The summed E-state index contributed by atoms with van der Waals surface area (Å²) in [5.74, 6) is -0.152. The van der Waals surface area contributed by atoms with Crippen molar-refractivity contribution in [2.75, 3.05) is 25.0 Å². The SMILES string of the molecule is Cn1c(=O)n(C2CCC(=O)NC2=O)c2cccc(C3CCN(C[C@H]4CC[C@H](n5cc6cc(NC(=O)c7ccncn7)c(C(C)(C)O)cc6n5)CC4)CC3)c21. The van der Waals surface area contributed by atoms with Crippen LogP contribution < -0.4 is 16.3 Å². The van der Waals surface area contributed by atoms with Gasteiger partial charge < -0.3 is 15.3 Å². The van der Waals surface area contributed by atoms with Gasteiger partial charge >= 0.3 is 5.69 Å². The number of hydrogen-bond acceptors (Lipinski definition) is 9. The van der Waals surface area contributed by atoms with Gasteiger partial charge in [-0.25, -0.2) is 14.8 Å². The Balaban J connectivity index is 0.896. The Morgan fingerprint density at radius 1 is 1.02 bits per heavy atom. The lowest BCUT2D eigenvalue weighted by Crippen LogP contribution is -2.44. The number of aryl methyl sites for hydroxylation is 1. The van der Waals surface area contributed by atoms with Gasteiger partial charge in [-0.1, -0.05) is 12.1 Å². The zero-order valence-corrected chi connectivity index (χ0v) is 31.0. The highest BCUT2D eigenvalue weighted by atomic mass is 16.3. The van der Waals surface area contributed by atoms with Gasteiger partial charge in [0.2, 0.25) is 11.8 Å². The monoisotopic (exact) mass is 733 g/mol. The molecule has 54 heavy (non-hydrogen) atoms. The van der Waals surface area contributed by atoms with Gasteiger partial charge in [0.25, 0.3) is 5.91 Å². The lowest BCUT2D eigenvalue weighted by atomic mass is 9.84. The van der Waals surface area contributed by atoms with E-state index in [-0.39, 0.29) is 35.7 Å². The normalized spacial score (nSPS) is 21.8. The zero-order chi connectivity index (χ0) is 37.7. The second-order valence-electron chi connectivity index (χ2n) is 15.8. The highest BCUT2D eigenvalue weighted by molar-refractivity contribution is 6.04. The third-order valence-corrected chi connectivity index (χ3v) is 11.8. The minimum Gasteiger partial charge on any atom is -0.386 e. The number of nitrogens with one attached hydrogen (secondary N) is 2. The van der Waals surface area contributed by atoms with Crippen molar-refractivity contribution < 1.29 is 19.5 Å². The van der Waals surface area contributed by atoms with Gasteiger partial charge in [0.15, 0.2) is 0 Å². The molecule has 2 aliphatic heterocycles. The second-order valence-corrected chi connectivity index (χ2v) is 15.8. The third-order valence-electron chi connectivity index (χ3n) is 11.8. The van der Waals surface area contributed by atoms with E-state index >= 15 is 0 Å². The minimum absolute atomic E-state index is 0.222. The number of aliphatic hydroxyl groups is 1. The van der Waals surface area contributed by atoms with E-state index in [1.54, 1.807) is 36.1 Å². The number of piperidine rings is 2. The maximum Gasteiger partial charge on any atom is 0.329 e. The van der Waals surface area contributed by atoms with E-state index in [4.69, 9.17) is 5.10 Å². The van der Waals surface area contributed by atoms with Gasteiger partial charge in [0.1, 0.15) is 18.1 Å². The molecule has 1 aliphatic carbocycles. The molecule has 3 amide bonds. The number of likely N-dealkylation sites (tertiary alicyclic amines) is 1. The molecule has 3 aliphatic rings. The second kappa shape index (κ2) is 14.2. The highest BCUT2D eigenvalue weighted by Gasteiger charge is 2.33. The number of amides is 3. The van der Waals surface area contributed by atoms with Crippen LogP contribution >= 0.6 is 0 Å². The molecule has 8 rings (SSSR count). The van der Waals surface area contributed by atoms with E-state index in [1.165, 1.54) is 12.5 Å². The smallest absolute Gasteiger partial charge is 0.329 e. The molecule has 14 heteroatoms. The van der Waals surface area contributed by atoms with Crippen LogP contribution in [0, 0.1) is 5.92 Å². The highest BCUT2D eigenvalue weighted by Crippen LogP contribution is 2.38. The first kappa shape index (κ1) is 35.8. The summed E-state index contributed by atoms with van der Waals surface area (Å²) in [5.41, 5.74) is 3.49. The Kier molecular flexibility index (Phi) is 9.42. The first-order chi connectivity index (χ1) is 25.9. The van der Waals surface area contributed by atoms with Crippen molar-refractivity contribution in [2.45, 2.75) is 88.8 Å². The van der Waals surface area contributed by atoms with Crippen LogP contribution in [0.1, 0.15) is 105 Å². The molecule has 2 aromatic carbocycles. The molecule has 0 bridgehead atoms. The molecule has 0 radical (unpaired) electrons. The number of aromatic nitrogens is 6. The zero-order valence-electron chi connectivity index (χ0n) is 31.0. The average molecular weight is 734 g/mol. The predicted octanol–water partition coefficient (Wildman–Crippen LogP) is 4.55. The summed E-state index contributed by atoms with van der Waals surface area (Å²) in [7, 11) is 1.78. The van der Waals surface area contributed by atoms with Crippen molar-refractivity contribution in [1.82, 2.24) is 39.1 Å². The van der Waals surface area contributed by atoms with Crippen LogP contribution in [0.2, 0.25) is 0 Å². The first-order valence-electron chi connectivity index (χ1n) is 19.0. The number of fused-ring (bicyclic) bond motifs is 2. The van der Waals surface area contributed by atoms with E-state index < -0.39 is 17.6 Å². The minimum atomic E-state index is -1.20. The van der Waals surface area contributed by atoms with Gasteiger partial charge in [0.05, 0.1) is 28.2 Å². The molecule has 2 saturated heterocycles. The largest absolute Gasteiger partial charge is 0.386 e. The number of imidazole rings is 1. The fourth-order valence-corrected chi connectivity index (χ4v) is 8.91. The lowest BCUT2D eigenvalue weighted by Gasteiger charge is -2.37. The summed E-state index contributed by atoms with van der Waals surface area (Å²) in [5, 5.41) is 22.1. The Labute approximate surface area is 312 Å². The Hall–Kier alpha value is -5.21. The predicted molar refractivity (Wildman–Crippen MR) is 203 cm³/mol. The van der Waals surface area contributed by atoms with Crippen LogP contribution in [0.4, 0.5) is 5.69 Å². The molecule has 14 nitrogen and oxygen atoms in total. The van der Waals surface area contributed by atoms with Gasteiger partial charge in [-0.2, -0.15) is 5.10 Å². The number of para-hydroxylation sites is 1. The van der Waals surface area contributed by atoms with Gasteiger partial charge in [-0.15, -0.1) is 0 Å². The average Bonchev–Trinajstić information content (AvgIpc) is 3.69. The molecular formula is C40H47N9O5. The topological polar surface area (TPSA) is 169 Å². The lowest BCUT2D eigenvalue weighted by molar-refractivity contribution is -0.135. The Morgan fingerprint density at radius 2 is 1.80 bits per heavy atom. The van der Waals surface area contributed by atoms with Crippen LogP contribution in [0.3, 0.4) is 0 Å². The van der Waals surface area contributed by atoms with Crippen LogP contribution in [-0.4, -0.2) is 76.2 Å². The van der Waals surface area contributed by atoms with E-state index in [2.05, 4.69) is 42.4 Å². The molecule has 1 atom stereocenters. The number of carbonyl (C=O) groups is 3. The summed E-state index contributed by atoms with van der Waals surface area (Å²) >= 11 is 0. The van der Waals surface area contributed by atoms with Crippen LogP contribution in [-0.2, 0) is 22.2 Å². The van der Waals surface area contributed by atoms with Crippen molar-refractivity contribution in [3.63, 3.8) is 0 Å². The number of carbonyl (C=O) groups excluding carboxylic acids is 3. The van der Waals surface area contributed by atoms with Gasteiger partial charge in [-0.3, -0.25) is 33.5 Å². The van der Waals surface area contributed by atoms with E-state index in [0.717, 1.165) is 85.7 Å². The van der Waals surface area contributed by atoms with E-state index in [1.807, 2.05) is 24.3 Å². The van der Waals surface area contributed by atoms with E-state index in [0.29, 0.717) is 29.5 Å². The Bertz CT molecular complexity index is 2290. The molecule has 3 aromatic heterocycles. The molecule has 5 aromatic rings. The number of imide groups is 1. The standard InChI is InChI=1S/C40H47N9O5/c1-40(2,54)29-20-31-26(19-32(29)43-37(51)30-13-16-41-23-42-30)22-48(45-31)27-9-7-24(8-10-27)21-47-17-14-25(15-18-47)28-5-4-6-33-36(28)46(3)39(53)49(33)34-11-12-35(50)44-38(34)52/h4-6,13,16,19-20,22-25,27,34,54H,7-12,14-15,17-18,21H2,1-3H3,(H,43,51)(H,44,50,52)/t24-,27-,34?. The molecule has 1 unspecified atom stereocenters. The summed E-state index contributed by atoms with van der Waals surface area (Å²) in [6.07, 6.45) is 11.7. The number of hydrogen-bond donors (Lipinski definition) is 3. The van der Waals surface area contributed by atoms with Crippen molar-refractivity contribution >= 4 is 45.3 Å². The summed E-state index contributed by atoms with van der Waals surface area (Å²) in [4.78, 5) is 61.4. The van der Waals surface area contributed by atoms with Gasteiger partial charge in [-0.05, 0) is 114 Å². The molecule has 1 saturated carbocycles. The van der Waals surface area contributed by atoms with Crippen LogP contribution in [0.5, 0.6) is 0 Å². The van der Waals surface area contributed by atoms with Crippen molar-refractivity contribution in [3.05, 3.63) is 82.4 Å². The van der Waals surface area contributed by atoms with Crippen molar-refractivity contribution in [1.29, 1.82) is 0 Å². The fourth-order valence-electron chi connectivity index (χ4n) is 8.91. The number of rotatable bonds is 8. The number of anilines is 1. The number of benzene rings is 2. The fraction of sp³-hybridized carbons (Fsp3) is 0.475. The first-order valence-corrected chi connectivity index (χ1v) is 19.0. The molecule has 3 N–H and O–H groups in total. The van der Waals surface area contributed by atoms with Crippen LogP contribution in [0.15, 0.2) is 59.9 Å². The van der Waals surface area contributed by atoms with E-state index in [9.17, 15) is 24.3 Å². The van der Waals surface area contributed by atoms with Crippen molar-refractivity contribution in [2.24, 2.45) is 13.0 Å². The quantitative estimate of drug-likeness (QED) is 0.194. The summed E-state index contributed by atoms with van der Waals surface area (Å²) in [6, 6.07) is 10.9. The summed E-state index contributed by atoms with van der Waals surface area (Å²) < 4.78 is 5.32. The molecular weight excluding hydrogens is 686 g/mol. The maximum absolute atomic E-state index is 13.4. The molecule has 3 fully saturated rings. The molecule has 282 valence electrons. The van der Waals surface area contributed by atoms with Crippen LogP contribution in [0.25, 0.3) is 21.9 Å². The maximum atomic E-state index is 13.4. The Morgan fingerprint density at radius 3 is 2.50 bits per heavy atom.